The Hall–Kier alpha value is -1.32. The zero-order valence-electron chi connectivity index (χ0n) is 15.2. The highest BCUT2D eigenvalue weighted by molar-refractivity contribution is 5.89. The molecule has 0 bridgehead atoms. The van der Waals surface area contributed by atoms with Gasteiger partial charge in [-0.15, -0.1) is 0 Å². The highest BCUT2D eigenvalue weighted by Gasteiger charge is 2.61. The first-order valence-corrected chi connectivity index (χ1v) is 8.82. The molecule has 0 aromatic carbocycles. The number of Topliss-reactive ketones (excluding diaryl/α,β-unsaturated/α-hetero) is 1. The van der Waals surface area contributed by atoms with Crippen LogP contribution in [0.1, 0.15) is 54.4 Å². The van der Waals surface area contributed by atoms with Crippen molar-refractivity contribution in [3.63, 3.8) is 0 Å². The van der Waals surface area contributed by atoms with Gasteiger partial charge in [-0.2, -0.15) is 0 Å². The Bertz CT molecular complexity index is 572. The van der Waals surface area contributed by atoms with E-state index in [1.807, 2.05) is 25.7 Å². The second-order valence-electron chi connectivity index (χ2n) is 8.92. The van der Waals surface area contributed by atoms with E-state index in [-0.39, 0.29) is 29.3 Å². The van der Waals surface area contributed by atoms with Gasteiger partial charge in [0.25, 0.3) is 0 Å². The quantitative estimate of drug-likeness (QED) is 0.733. The third-order valence-corrected chi connectivity index (χ3v) is 5.96. The van der Waals surface area contributed by atoms with E-state index in [1.165, 1.54) is 0 Å². The van der Waals surface area contributed by atoms with E-state index in [2.05, 4.69) is 26.8 Å². The monoisotopic (exact) mass is 319 g/mol. The Morgan fingerprint density at radius 1 is 1.35 bits per heavy atom. The maximum atomic E-state index is 12.9. The topological polar surface area (TPSA) is 46.6 Å². The van der Waals surface area contributed by atoms with Gasteiger partial charge < -0.3 is 4.74 Å². The van der Waals surface area contributed by atoms with Crippen molar-refractivity contribution in [3.05, 3.63) is 11.8 Å². The normalized spacial score (nSPS) is 36.3. The van der Waals surface area contributed by atoms with Crippen LogP contribution in [-0.4, -0.2) is 28.9 Å². The highest BCUT2D eigenvalue weighted by atomic mass is 16.6. The van der Waals surface area contributed by atoms with E-state index < -0.39 is 5.60 Å². The summed E-state index contributed by atoms with van der Waals surface area (Å²) in [4.78, 5) is 27.4. The Morgan fingerprint density at radius 2 is 2.00 bits per heavy atom. The molecule has 4 atom stereocenters. The fourth-order valence-corrected chi connectivity index (χ4v) is 4.73. The van der Waals surface area contributed by atoms with Crippen molar-refractivity contribution in [2.24, 2.45) is 29.1 Å². The molecular weight excluding hydrogens is 290 g/mol. The van der Waals surface area contributed by atoms with Crippen molar-refractivity contribution in [2.75, 3.05) is 6.54 Å². The van der Waals surface area contributed by atoms with Crippen molar-refractivity contribution in [2.45, 2.75) is 60.0 Å². The average Bonchev–Trinajstić information content (AvgIpc) is 2.86. The lowest BCUT2D eigenvalue weighted by Gasteiger charge is -2.40. The zero-order valence-corrected chi connectivity index (χ0v) is 15.2. The van der Waals surface area contributed by atoms with Crippen molar-refractivity contribution in [3.8, 4) is 0 Å². The molecule has 23 heavy (non-hydrogen) atoms. The minimum Gasteiger partial charge on any atom is -0.443 e. The fraction of sp³-hybridized carbons (Fsp3) is 0.789. The van der Waals surface area contributed by atoms with Crippen LogP contribution in [0.4, 0.5) is 4.79 Å². The van der Waals surface area contributed by atoms with Crippen LogP contribution in [0.2, 0.25) is 0 Å². The van der Waals surface area contributed by atoms with E-state index in [1.54, 1.807) is 0 Å². The molecule has 1 aliphatic heterocycles. The van der Waals surface area contributed by atoms with E-state index in [0.29, 0.717) is 18.2 Å². The van der Waals surface area contributed by atoms with Crippen molar-refractivity contribution in [1.29, 1.82) is 0 Å². The van der Waals surface area contributed by atoms with Crippen LogP contribution in [0, 0.1) is 29.1 Å². The maximum Gasteiger partial charge on any atom is 0.414 e. The summed E-state index contributed by atoms with van der Waals surface area (Å²) in [6, 6.07) is 0. The van der Waals surface area contributed by atoms with Gasteiger partial charge in [-0.25, -0.2) is 4.79 Å². The molecule has 1 saturated carbocycles. The van der Waals surface area contributed by atoms with Gasteiger partial charge in [0.05, 0.1) is 0 Å². The van der Waals surface area contributed by atoms with Crippen LogP contribution in [0.3, 0.4) is 0 Å². The maximum absolute atomic E-state index is 12.9. The standard InChI is InChI=1S/C19H29NO3/c1-11(2)13-9-15-19(6)12(7-8-14(19)16(13)21)10-20(15)17(22)23-18(3,4)5/h9,11-14H,7-8,10H2,1-6H3/t12-,13+,14+,19+/m0/s1. The van der Waals surface area contributed by atoms with Crippen LogP contribution in [-0.2, 0) is 9.53 Å². The second kappa shape index (κ2) is 5.09. The van der Waals surface area contributed by atoms with E-state index in [9.17, 15) is 9.59 Å². The van der Waals surface area contributed by atoms with E-state index in [0.717, 1.165) is 18.5 Å². The summed E-state index contributed by atoms with van der Waals surface area (Å²) in [7, 11) is 0. The minimum atomic E-state index is -0.502. The number of ketones is 1. The lowest BCUT2D eigenvalue weighted by Crippen LogP contribution is -2.43. The third kappa shape index (κ3) is 2.41. The molecule has 1 amide bonds. The van der Waals surface area contributed by atoms with Gasteiger partial charge in [0.2, 0.25) is 0 Å². The molecule has 1 saturated heterocycles. The number of carbonyl (C=O) groups is 2. The van der Waals surface area contributed by atoms with Crippen LogP contribution in [0.25, 0.3) is 0 Å². The molecule has 0 radical (unpaired) electrons. The molecule has 4 heteroatoms. The van der Waals surface area contributed by atoms with Gasteiger partial charge >= 0.3 is 6.09 Å². The molecule has 0 aromatic heterocycles. The molecule has 0 N–H and O–H groups in total. The number of hydrogen-bond acceptors (Lipinski definition) is 3. The molecule has 4 nitrogen and oxygen atoms in total. The largest absolute Gasteiger partial charge is 0.443 e. The van der Waals surface area contributed by atoms with Crippen LogP contribution < -0.4 is 0 Å². The number of carbonyl (C=O) groups excluding carboxylic acids is 2. The van der Waals surface area contributed by atoms with Gasteiger partial charge in [-0.3, -0.25) is 9.69 Å². The summed E-state index contributed by atoms with van der Waals surface area (Å²) in [5.41, 5.74) is 0.356. The summed E-state index contributed by atoms with van der Waals surface area (Å²) in [6.07, 6.45) is 3.78. The first kappa shape index (κ1) is 16.5. The lowest BCUT2D eigenvalue weighted by atomic mass is 9.64. The number of hydrogen-bond donors (Lipinski definition) is 0. The molecule has 128 valence electrons. The summed E-state index contributed by atoms with van der Waals surface area (Å²) in [6.45, 7) is 12.7. The smallest absolute Gasteiger partial charge is 0.414 e. The Kier molecular flexibility index (Phi) is 3.66. The SMILES string of the molecule is CC(C)[C@H]1C=C2N(C(=O)OC(C)(C)C)C[C@@H]3CC[C@H](C1=O)[C@]23C. The number of likely N-dealkylation sites (tertiary alicyclic amines) is 1. The second-order valence-corrected chi connectivity index (χ2v) is 8.92. The number of allylic oxidation sites excluding steroid dienone is 2. The van der Waals surface area contributed by atoms with Gasteiger partial charge in [-0.05, 0) is 45.4 Å². The number of rotatable bonds is 1. The third-order valence-electron chi connectivity index (χ3n) is 5.96. The van der Waals surface area contributed by atoms with Crippen molar-refractivity contribution in [1.82, 2.24) is 4.90 Å². The molecule has 3 aliphatic rings. The molecule has 1 heterocycles. The van der Waals surface area contributed by atoms with Gasteiger partial charge in [0.1, 0.15) is 11.4 Å². The predicted molar refractivity (Wildman–Crippen MR) is 88.7 cm³/mol. The minimum absolute atomic E-state index is 0.0623. The van der Waals surface area contributed by atoms with Crippen LogP contribution in [0.5, 0.6) is 0 Å². The summed E-state index contributed by atoms with van der Waals surface area (Å²) in [5, 5.41) is 0. The van der Waals surface area contributed by atoms with Gasteiger partial charge in [0.15, 0.2) is 0 Å². The Balaban J connectivity index is 1.99. The fourth-order valence-electron chi connectivity index (χ4n) is 4.73. The van der Waals surface area contributed by atoms with E-state index >= 15 is 0 Å². The first-order valence-electron chi connectivity index (χ1n) is 8.82. The average molecular weight is 319 g/mol. The van der Waals surface area contributed by atoms with Crippen LogP contribution in [0.15, 0.2) is 11.8 Å². The van der Waals surface area contributed by atoms with Gasteiger partial charge in [-0.1, -0.05) is 26.8 Å². The molecule has 2 aliphatic carbocycles. The molecular formula is C19H29NO3. The van der Waals surface area contributed by atoms with E-state index in [4.69, 9.17) is 4.74 Å². The predicted octanol–water partition coefficient (Wildman–Crippen LogP) is 4.01. The molecule has 0 unspecified atom stereocenters. The Labute approximate surface area is 139 Å². The first-order chi connectivity index (χ1) is 10.6. The summed E-state index contributed by atoms with van der Waals surface area (Å²) >= 11 is 0. The van der Waals surface area contributed by atoms with Gasteiger partial charge in [0, 0.05) is 29.5 Å². The molecule has 2 fully saturated rings. The summed E-state index contributed by atoms with van der Waals surface area (Å²) in [5.74, 6) is 1.00. The molecule has 3 rings (SSSR count). The Morgan fingerprint density at radius 3 is 2.57 bits per heavy atom. The van der Waals surface area contributed by atoms with Crippen LogP contribution >= 0.6 is 0 Å². The lowest BCUT2D eigenvalue weighted by molar-refractivity contribution is -0.130. The van der Waals surface area contributed by atoms with Crippen molar-refractivity contribution < 1.29 is 14.3 Å². The number of nitrogens with zero attached hydrogens (tertiary/aromatic N) is 1. The zero-order chi connectivity index (χ0) is 17.2. The molecule has 0 aromatic rings. The molecule has 0 spiro atoms. The van der Waals surface area contributed by atoms with Crippen molar-refractivity contribution >= 4 is 11.9 Å². The number of amides is 1. The highest BCUT2D eigenvalue weighted by Crippen LogP contribution is 2.61. The number of ether oxygens (including phenoxy) is 1. The summed E-state index contributed by atoms with van der Waals surface area (Å²) < 4.78 is 5.61.